The number of amides is 1. The fraction of sp³-hybridized carbons (Fsp3) is 0.409. The van der Waals surface area contributed by atoms with Crippen molar-refractivity contribution < 1.29 is 14.3 Å². The Bertz CT molecular complexity index is 789. The molecule has 28 heavy (non-hydrogen) atoms. The molecule has 1 aliphatic rings. The van der Waals surface area contributed by atoms with Crippen molar-refractivity contribution >= 4 is 17.5 Å². The number of hydrogen-bond acceptors (Lipinski definition) is 4. The first kappa shape index (κ1) is 20.5. The monoisotopic (exact) mass is 402 g/mol. The summed E-state index contributed by atoms with van der Waals surface area (Å²) in [5.74, 6) is 1.14. The molecule has 6 heteroatoms. The van der Waals surface area contributed by atoms with Gasteiger partial charge in [0.05, 0.1) is 7.11 Å². The average molecular weight is 403 g/mol. The summed E-state index contributed by atoms with van der Waals surface area (Å²) in [4.78, 5) is 16.9. The summed E-state index contributed by atoms with van der Waals surface area (Å²) in [6.45, 7) is 4.30. The molecule has 1 saturated heterocycles. The van der Waals surface area contributed by atoms with E-state index in [1.165, 1.54) is 12.8 Å². The SMILES string of the molecule is COc1cc(C(=O)N(C)CCN2CCCC2)ccc1OCc1ccc(Cl)cc1. The lowest BCUT2D eigenvalue weighted by molar-refractivity contribution is 0.0782. The van der Waals surface area contributed by atoms with Gasteiger partial charge in [-0.1, -0.05) is 23.7 Å². The molecule has 2 aromatic rings. The number of rotatable bonds is 8. The molecule has 0 N–H and O–H groups in total. The summed E-state index contributed by atoms with van der Waals surface area (Å²) >= 11 is 5.91. The summed E-state index contributed by atoms with van der Waals surface area (Å²) < 4.78 is 11.3. The minimum atomic E-state index is -0.0123. The summed E-state index contributed by atoms with van der Waals surface area (Å²) in [6, 6.07) is 12.8. The van der Waals surface area contributed by atoms with Crippen LogP contribution in [0.2, 0.25) is 5.02 Å². The Morgan fingerprint density at radius 3 is 2.50 bits per heavy atom. The van der Waals surface area contributed by atoms with E-state index >= 15 is 0 Å². The van der Waals surface area contributed by atoms with E-state index in [2.05, 4.69) is 4.90 Å². The van der Waals surface area contributed by atoms with Crippen LogP contribution in [0.5, 0.6) is 11.5 Å². The number of likely N-dealkylation sites (tertiary alicyclic amines) is 1. The molecule has 0 atom stereocenters. The van der Waals surface area contributed by atoms with Crippen molar-refractivity contribution in [3.05, 3.63) is 58.6 Å². The number of nitrogens with zero attached hydrogens (tertiary/aromatic N) is 2. The summed E-state index contributed by atoms with van der Waals surface area (Å²) in [5.41, 5.74) is 1.60. The first-order valence-corrected chi connectivity index (χ1v) is 9.97. The van der Waals surface area contributed by atoms with Gasteiger partial charge in [0.15, 0.2) is 11.5 Å². The van der Waals surface area contributed by atoms with Gasteiger partial charge in [0, 0.05) is 30.7 Å². The van der Waals surface area contributed by atoms with E-state index in [0.29, 0.717) is 28.7 Å². The quantitative estimate of drug-likeness (QED) is 0.666. The number of halogens is 1. The highest BCUT2D eigenvalue weighted by Gasteiger charge is 2.17. The number of benzene rings is 2. The topological polar surface area (TPSA) is 42.0 Å². The average Bonchev–Trinajstić information content (AvgIpc) is 3.24. The van der Waals surface area contributed by atoms with Crippen molar-refractivity contribution in [1.29, 1.82) is 0 Å². The molecular weight excluding hydrogens is 376 g/mol. The van der Waals surface area contributed by atoms with Gasteiger partial charge in [-0.05, 0) is 61.8 Å². The van der Waals surface area contributed by atoms with Crippen molar-refractivity contribution in [2.45, 2.75) is 19.4 Å². The molecule has 0 radical (unpaired) electrons. The Balaban J connectivity index is 1.60. The Hall–Kier alpha value is -2.24. The van der Waals surface area contributed by atoms with Crippen LogP contribution in [0.4, 0.5) is 0 Å². The van der Waals surface area contributed by atoms with Crippen LogP contribution in [-0.2, 0) is 6.61 Å². The Morgan fingerprint density at radius 1 is 1.11 bits per heavy atom. The smallest absolute Gasteiger partial charge is 0.253 e. The van der Waals surface area contributed by atoms with Crippen LogP contribution < -0.4 is 9.47 Å². The number of methoxy groups -OCH3 is 1. The first-order chi connectivity index (χ1) is 13.6. The molecule has 5 nitrogen and oxygen atoms in total. The van der Waals surface area contributed by atoms with Crippen LogP contribution in [0.3, 0.4) is 0 Å². The van der Waals surface area contributed by atoms with Crippen molar-refractivity contribution in [2.75, 3.05) is 40.3 Å². The Kier molecular flexibility index (Phi) is 7.18. The second kappa shape index (κ2) is 9.80. The van der Waals surface area contributed by atoms with Crippen molar-refractivity contribution in [3.63, 3.8) is 0 Å². The molecule has 1 aliphatic heterocycles. The number of likely N-dealkylation sites (N-methyl/N-ethyl adjacent to an activating group) is 1. The second-order valence-electron chi connectivity index (χ2n) is 7.06. The zero-order valence-electron chi connectivity index (χ0n) is 16.5. The molecular formula is C22H27ClN2O3. The third-order valence-electron chi connectivity index (χ3n) is 5.02. The molecule has 0 saturated carbocycles. The third-order valence-corrected chi connectivity index (χ3v) is 5.27. The van der Waals surface area contributed by atoms with Gasteiger partial charge in [0.2, 0.25) is 0 Å². The lowest BCUT2D eigenvalue weighted by Gasteiger charge is -2.22. The number of hydrogen-bond donors (Lipinski definition) is 0. The highest BCUT2D eigenvalue weighted by atomic mass is 35.5. The summed E-state index contributed by atoms with van der Waals surface area (Å²) in [7, 11) is 3.42. The zero-order valence-corrected chi connectivity index (χ0v) is 17.2. The third kappa shape index (κ3) is 5.40. The lowest BCUT2D eigenvalue weighted by atomic mass is 10.1. The van der Waals surface area contributed by atoms with Gasteiger partial charge >= 0.3 is 0 Å². The van der Waals surface area contributed by atoms with Gasteiger partial charge in [-0.3, -0.25) is 4.79 Å². The molecule has 0 aromatic heterocycles. The van der Waals surface area contributed by atoms with Crippen molar-refractivity contribution in [1.82, 2.24) is 9.80 Å². The predicted molar refractivity (Wildman–Crippen MR) is 111 cm³/mol. The highest BCUT2D eigenvalue weighted by molar-refractivity contribution is 6.30. The number of ether oxygens (including phenoxy) is 2. The number of carbonyl (C=O) groups is 1. The standard InChI is InChI=1S/C22H27ClN2O3/c1-24(13-14-25-11-3-4-12-25)22(26)18-7-10-20(21(15-18)27-2)28-16-17-5-8-19(23)9-6-17/h5-10,15H,3-4,11-14,16H2,1-2H3. The van der Waals surface area contributed by atoms with Gasteiger partial charge in [-0.2, -0.15) is 0 Å². The molecule has 1 fully saturated rings. The van der Waals surface area contributed by atoms with Crippen LogP contribution in [0, 0.1) is 0 Å². The first-order valence-electron chi connectivity index (χ1n) is 9.60. The largest absolute Gasteiger partial charge is 0.493 e. The van der Waals surface area contributed by atoms with Crippen LogP contribution in [0.15, 0.2) is 42.5 Å². The second-order valence-corrected chi connectivity index (χ2v) is 7.49. The fourth-order valence-electron chi connectivity index (χ4n) is 3.28. The van der Waals surface area contributed by atoms with Crippen LogP contribution >= 0.6 is 11.6 Å². The van der Waals surface area contributed by atoms with Gasteiger partial charge in [0.25, 0.3) is 5.91 Å². The van der Waals surface area contributed by atoms with E-state index in [9.17, 15) is 4.79 Å². The maximum Gasteiger partial charge on any atom is 0.253 e. The molecule has 1 heterocycles. The van der Waals surface area contributed by atoms with E-state index in [1.807, 2.05) is 31.3 Å². The van der Waals surface area contributed by atoms with E-state index in [4.69, 9.17) is 21.1 Å². The number of carbonyl (C=O) groups excluding carboxylic acids is 1. The van der Waals surface area contributed by atoms with E-state index in [0.717, 1.165) is 31.7 Å². The fourth-order valence-corrected chi connectivity index (χ4v) is 3.41. The minimum absolute atomic E-state index is 0.0123. The lowest BCUT2D eigenvalue weighted by Crippen LogP contribution is -2.35. The molecule has 0 unspecified atom stereocenters. The van der Waals surface area contributed by atoms with E-state index in [1.54, 1.807) is 30.2 Å². The van der Waals surface area contributed by atoms with Gasteiger partial charge < -0.3 is 19.3 Å². The zero-order chi connectivity index (χ0) is 19.9. The minimum Gasteiger partial charge on any atom is -0.493 e. The molecule has 0 bridgehead atoms. The van der Waals surface area contributed by atoms with E-state index < -0.39 is 0 Å². The maximum absolute atomic E-state index is 12.7. The molecule has 150 valence electrons. The van der Waals surface area contributed by atoms with Crippen LogP contribution in [0.1, 0.15) is 28.8 Å². The molecule has 2 aromatic carbocycles. The summed E-state index contributed by atoms with van der Waals surface area (Å²) in [5, 5.41) is 0.693. The van der Waals surface area contributed by atoms with Crippen LogP contribution in [0.25, 0.3) is 0 Å². The molecule has 0 aliphatic carbocycles. The Morgan fingerprint density at radius 2 is 1.82 bits per heavy atom. The van der Waals surface area contributed by atoms with Crippen LogP contribution in [-0.4, -0.2) is 56.0 Å². The van der Waals surface area contributed by atoms with Crippen molar-refractivity contribution in [2.24, 2.45) is 0 Å². The van der Waals surface area contributed by atoms with Gasteiger partial charge in [-0.25, -0.2) is 0 Å². The van der Waals surface area contributed by atoms with Gasteiger partial charge in [0.1, 0.15) is 6.61 Å². The van der Waals surface area contributed by atoms with E-state index in [-0.39, 0.29) is 5.91 Å². The highest BCUT2D eigenvalue weighted by Crippen LogP contribution is 2.29. The molecule has 0 spiro atoms. The molecule has 1 amide bonds. The predicted octanol–water partition coefficient (Wildman–Crippen LogP) is 4.10. The summed E-state index contributed by atoms with van der Waals surface area (Å²) in [6.07, 6.45) is 2.51. The molecule has 3 rings (SSSR count). The maximum atomic E-state index is 12.7. The van der Waals surface area contributed by atoms with Crippen molar-refractivity contribution in [3.8, 4) is 11.5 Å². The van der Waals surface area contributed by atoms with Gasteiger partial charge in [-0.15, -0.1) is 0 Å². The Labute approximate surface area is 171 Å². The normalized spacial score (nSPS) is 14.1.